The first-order valence-corrected chi connectivity index (χ1v) is 9.70. The van der Waals surface area contributed by atoms with Gasteiger partial charge in [0.2, 0.25) is 10.0 Å². The molecule has 24 heavy (non-hydrogen) atoms. The number of hydrogen-bond acceptors (Lipinski definition) is 3. The van der Waals surface area contributed by atoms with E-state index in [2.05, 4.69) is 4.72 Å². The Bertz CT molecular complexity index is 727. The minimum absolute atomic E-state index is 0.247. The highest BCUT2D eigenvalue weighted by atomic mass is 32.2. The van der Waals surface area contributed by atoms with E-state index < -0.39 is 16.1 Å². The van der Waals surface area contributed by atoms with Gasteiger partial charge in [-0.3, -0.25) is 0 Å². The second-order valence-corrected chi connectivity index (χ2v) is 7.83. The van der Waals surface area contributed by atoms with E-state index in [1.165, 1.54) is 0 Å². The maximum Gasteiger partial charge on any atom is 0.240 e. The quantitative estimate of drug-likeness (QED) is 0.771. The Kier molecular flexibility index (Phi) is 6.54. The average molecular weight is 347 g/mol. The maximum absolute atomic E-state index is 12.6. The molecule has 0 aliphatic carbocycles. The largest absolute Gasteiger partial charge is 0.393 e. The van der Waals surface area contributed by atoms with Gasteiger partial charge in [0.05, 0.1) is 11.0 Å². The number of nitrogens with one attached hydrogen (secondary N) is 1. The van der Waals surface area contributed by atoms with Gasteiger partial charge in [0.1, 0.15) is 0 Å². The molecule has 2 N–H and O–H groups in total. The van der Waals surface area contributed by atoms with Gasteiger partial charge in [0.15, 0.2) is 0 Å². The molecule has 2 rings (SSSR count). The van der Waals surface area contributed by atoms with Gasteiger partial charge in [-0.25, -0.2) is 13.1 Å². The molecule has 0 spiro atoms. The topological polar surface area (TPSA) is 66.4 Å². The van der Waals surface area contributed by atoms with E-state index >= 15 is 0 Å². The highest BCUT2D eigenvalue weighted by Gasteiger charge is 2.22. The number of aryl methyl sites for hydroxylation is 1. The van der Waals surface area contributed by atoms with Crippen molar-refractivity contribution in [2.24, 2.45) is 0 Å². The number of hydrogen-bond donors (Lipinski definition) is 2. The summed E-state index contributed by atoms with van der Waals surface area (Å²) in [6.45, 7) is 3.80. The first kappa shape index (κ1) is 18.6. The summed E-state index contributed by atoms with van der Waals surface area (Å²) >= 11 is 0. The third kappa shape index (κ3) is 5.44. The molecule has 0 bridgehead atoms. The summed E-state index contributed by atoms with van der Waals surface area (Å²) in [4.78, 5) is 0.247. The van der Waals surface area contributed by atoms with Crippen LogP contribution in [0.2, 0.25) is 0 Å². The molecule has 130 valence electrons. The fraction of sp³-hybridized carbons (Fsp3) is 0.368. The predicted octanol–water partition coefficient (Wildman–Crippen LogP) is 3.05. The van der Waals surface area contributed by atoms with Crippen molar-refractivity contribution in [2.45, 2.75) is 50.2 Å². The van der Waals surface area contributed by atoms with Gasteiger partial charge in [-0.15, -0.1) is 0 Å². The van der Waals surface area contributed by atoms with Crippen molar-refractivity contribution in [3.8, 4) is 0 Å². The SMILES string of the molecule is CC[C@@H](O)C[C@H](Cc1ccccc1)NS(=O)(=O)c1ccc(C)cc1. The van der Waals surface area contributed by atoms with E-state index in [9.17, 15) is 13.5 Å². The third-order valence-corrected chi connectivity index (χ3v) is 5.54. The molecule has 0 aliphatic heterocycles. The summed E-state index contributed by atoms with van der Waals surface area (Å²) in [6.07, 6.45) is 0.997. The molecule has 0 unspecified atom stereocenters. The zero-order chi connectivity index (χ0) is 17.6. The zero-order valence-corrected chi connectivity index (χ0v) is 15.0. The van der Waals surface area contributed by atoms with E-state index in [4.69, 9.17) is 0 Å². The van der Waals surface area contributed by atoms with Gasteiger partial charge in [0.25, 0.3) is 0 Å². The smallest absolute Gasteiger partial charge is 0.240 e. The van der Waals surface area contributed by atoms with Crippen molar-refractivity contribution in [1.29, 1.82) is 0 Å². The van der Waals surface area contributed by atoms with E-state index in [0.717, 1.165) is 11.1 Å². The first-order valence-electron chi connectivity index (χ1n) is 8.21. The lowest BCUT2D eigenvalue weighted by Gasteiger charge is -2.21. The fourth-order valence-corrected chi connectivity index (χ4v) is 3.82. The van der Waals surface area contributed by atoms with Gasteiger partial charge in [-0.05, 0) is 43.9 Å². The Morgan fingerprint density at radius 3 is 2.25 bits per heavy atom. The molecular formula is C19H25NO3S. The van der Waals surface area contributed by atoms with Crippen LogP contribution in [0.15, 0.2) is 59.5 Å². The second kappa shape index (κ2) is 8.42. The normalized spacial score (nSPS) is 14.3. The van der Waals surface area contributed by atoms with Gasteiger partial charge in [0, 0.05) is 6.04 Å². The Morgan fingerprint density at radius 1 is 1.04 bits per heavy atom. The summed E-state index contributed by atoms with van der Waals surface area (Å²) in [5.41, 5.74) is 2.05. The first-order chi connectivity index (χ1) is 11.4. The summed E-state index contributed by atoms with van der Waals surface area (Å²) < 4.78 is 28.0. The summed E-state index contributed by atoms with van der Waals surface area (Å²) in [5.74, 6) is 0. The van der Waals surface area contributed by atoms with Crippen LogP contribution in [0, 0.1) is 6.92 Å². The number of aliphatic hydroxyl groups is 1. The van der Waals surface area contributed by atoms with Gasteiger partial charge in [-0.1, -0.05) is 55.0 Å². The van der Waals surface area contributed by atoms with Crippen molar-refractivity contribution < 1.29 is 13.5 Å². The van der Waals surface area contributed by atoms with Gasteiger partial charge < -0.3 is 5.11 Å². The van der Waals surface area contributed by atoms with E-state index in [1.54, 1.807) is 24.3 Å². The van der Waals surface area contributed by atoms with Crippen LogP contribution in [0.3, 0.4) is 0 Å². The molecule has 0 aromatic heterocycles. The van der Waals surface area contributed by atoms with Crippen LogP contribution in [0.1, 0.15) is 30.9 Å². The molecule has 4 nitrogen and oxygen atoms in total. The molecule has 0 aliphatic rings. The van der Waals surface area contributed by atoms with Gasteiger partial charge >= 0.3 is 0 Å². The molecule has 2 aromatic carbocycles. The van der Waals surface area contributed by atoms with E-state index in [1.807, 2.05) is 44.2 Å². The minimum Gasteiger partial charge on any atom is -0.393 e. The molecule has 0 amide bonds. The molecule has 0 radical (unpaired) electrons. The summed E-state index contributed by atoms with van der Waals surface area (Å²) in [7, 11) is -3.61. The Labute approximate surface area is 144 Å². The van der Waals surface area contributed by atoms with Crippen molar-refractivity contribution in [3.05, 3.63) is 65.7 Å². The lowest BCUT2D eigenvalue weighted by atomic mass is 10.0. The van der Waals surface area contributed by atoms with E-state index in [0.29, 0.717) is 19.3 Å². The number of aliphatic hydroxyl groups excluding tert-OH is 1. The molecule has 5 heteroatoms. The number of benzene rings is 2. The van der Waals surface area contributed by atoms with Crippen LogP contribution in [0.25, 0.3) is 0 Å². The van der Waals surface area contributed by atoms with Crippen LogP contribution in [0.5, 0.6) is 0 Å². The summed E-state index contributed by atoms with van der Waals surface area (Å²) in [5, 5.41) is 9.98. The average Bonchev–Trinajstić information content (AvgIpc) is 2.55. The Balaban J connectivity index is 2.18. The van der Waals surface area contributed by atoms with Crippen LogP contribution >= 0.6 is 0 Å². The second-order valence-electron chi connectivity index (χ2n) is 6.12. The van der Waals surface area contributed by atoms with Crippen molar-refractivity contribution in [2.75, 3.05) is 0 Å². The van der Waals surface area contributed by atoms with Crippen molar-refractivity contribution in [1.82, 2.24) is 4.72 Å². The van der Waals surface area contributed by atoms with Crippen LogP contribution in [-0.2, 0) is 16.4 Å². The zero-order valence-electron chi connectivity index (χ0n) is 14.1. The molecule has 2 aromatic rings. The molecule has 0 saturated heterocycles. The highest BCUT2D eigenvalue weighted by Crippen LogP contribution is 2.15. The molecule has 2 atom stereocenters. The van der Waals surface area contributed by atoms with E-state index in [-0.39, 0.29) is 10.9 Å². The standard InChI is InChI=1S/C19H25NO3S/c1-3-18(21)14-17(13-16-7-5-4-6-8-16)20-24(22,23)19-11-9-15(2)10-12-19/h4-12,17-18,20-21H,3,13-14H2,1-2H3/t17-,18+/m0/s1. The van der Waals surface area contributed by atoms with Gasteiger partial charge in [-0.2, -0.15) is 0 Å². The minimum atomic E-state index is -3.61. The predicted molar refractivity (Wildman–Crippen MR) is 96.3 cm³/mol. The monoisotopic (exact) mass is 347 g/mol. The molecule has 0 heterocycles. The lowest BCUT2D eigenvalue weighted by molar-refractivity contribution is 0.149. The van der Waals surface area contributed by atoms with Crippen LogP contribution < -0.4 is 4.72 Å². The van der Waals surface area contributed by atoms with Crippen LogP contribution in [0.4, 0.5) is 0 Å². The summed E-state index contributed by atoms with van der Waals surface area (Å²) in [6, 6.07) is 16.1. The third-order valence-electron chi connectivity index (χ3n) is 4.01. The van der Waals surface area contributed by atoms with Crippen LogP contribution in [-0.4, -0.2) is 25.7 Å². The fourth-order valence-electron chi connectivity index (χ4n) is 2.57. The van der Waals surface area contributed by atoms with Crippen molar-refractivity contribution >= 4 is 10.0 Å². The maximum atomic E-state index is 12.6. The molecule has 0 fully saturated rings. The Hall–Kier alpha value is -1.69. The number of rotatable bonds is 8. The number of sulfonamides is 1. The Morgan fingerprint density at radius 2 is 1.67 bits per heavy atom. The van der Waals surface area contributed by atoms with Crippen molar-refractivity contribution in [3.63, 3.8) is 0 Å². The lowest BCUT2D eigenvalue weighted by Crippen LogP contribution is -2.38. The molecular weight excluding hydrogens is 322 g/mol. The molecule has 0 saturated carbocycles. The highest BCUT2D eigenvalue weighted by molar-refractivity contribution is 7.89.